The Kier molecular flexibility index (Phi) is 6.09. The monoisotopic (exact) mass is 324 g/mol. The molecule has 22 heavy (non-hydrogen) atoms. The van der Waals surface area contributed by atoms with Gasteiger partial charge in [0.15, 0.2) is 6.10 Å². The van der Waals surface area contributed by atoms with E-state index in [2.05, 4.69) is 4.90 Å². The van der Waals surface area contributed by atoms with Gasteiger partial charge < -0.3 is 14.5 Å². The molecule has 0 aliphatic carbocycles. The van der Waals surface area contributed by atoms with Crippen molar-refractivity contribution in [1.82, 2.24) is 9.80 Å². The molecule has 0 saturated carbocycles. The first-order valence-electron chi connectivity index (χ1n) is 7.87. The van der Waals surface area contributed by atoms with Crippen LogP contribution < -0.4 is 4.74 Å². The molecule has 0 spiro atoms. The Balaban J connectivity index is 1.83. The summed E-state index contributed by atoms with van der Waals surface area (Å²) in [6, 6.07) is 5.44. The van der Waals surface area contributed by atoms with Gasteiger partial charge in [-0.05, 0) is 63.5 Å². The summed E-state index contributed by atoms with van der Waals surface area (Å²) in [5, 5.41) is 0.703. The van der Waals surface area contributed by atoms with Gasteiger partial charge in [0.1, 0.15) is 5.75 Å². The number of hydrogen-bond acceptors (Lipinski definition) is 3. The second-order valence-electron chi connectivity index (χ2n) is 5.98. The lowest BCUT2D eigenvalue weighted by molar-refractivity contribution is -0.136. The minimum atomic E-state index is -0.496. The SMILES string of the molecule is Cc1cc(OC(C)C(=O)N(C)CCN2CCCC2)ccc1Cl. The maximum atomic E-state index is 12.4. The first-order chi connectivity index (χ1) is 10.5. The third-order valence-corrected chi connectivity index (χ3v) is 4.54. The third kappa shape index (κ3) is 4.62. The van der Waals surface area contributed by atoms with E-state index in [0.717, 1.165) is 31.7 Å². The van der Waals surface area contributed by atoms with E-state index in [1.165, 1.54) is 12.8 Å². The average Bonchev–Trinajstić information content (AvgIpc) is 3.01. The van der Waals surface area contributed by atoms with Crippen LogP contribution in [0.3, 0.4) is 0 Å². The maximum Gasteiger partial charge on any atom is 0.263 e. The quantitative estimate of drug-likeness (QED) is 0.806. The van der Waals surface area contributed by atoms with Gasteiger partial charge in [-0.25, -0.2) is 0 Å². The van der Waals surface area contributed by atoms with Crippen LogP contribution in [0.25, 0.3) is 0 Å². The summed E-state index contributed by atoms with van der Waals surface area (Å²) in [4.78, 5) is 16.5. The van der Waals surface area contributed by atoms with Crippen LogP contribution in [0.1, 0.15) is 25.3 Å². The largest absolute Gasteiger partial charge is 0.481 e. The molecule has 0 bridgehead atoms. The van der Waals surface area contributed by atoms with Gasteiger partial charge in [0.2, 0.25) is 0 Å². The van der Waals surface area contributed by atoms with Gasteiger partial charge in [0, 0.05) is 25.2 Å². The Labute approximate surface area is 138 Å². The van der Waals surface area contributed by atoms with Crippen LogP contribution in [0.15, 0.2) is 18.2 Å². The number of rotatable bonds is 6. The molecule has 0 radical (unpaired) electrons. The molecule has 1 atom stereocenters. The second-order valence-corrected chi connectivity index (χ2v) is 6.39. The molecule has 1 amide bonds. The number of benzene rings is 1. The van der Waals surface area contributed by atoms with Crippen LogP contribution in [0.5, 0.6) is 5.75 Å². The van der Waals surface area contributed by atoms with Crippen molar-refractivity contribution in [3.05, 3.63) is 28.8 Å². The van der Waals surface area contributed by atoms with E-state index in [4.69, 9.17) is 16.3 Å². The number of likely N-dealkylation sites (N-methyl/N-ethyl adjacent to an activating group) is 1. The van der Waals surface area contributed by atoms with Gasteiger partial charge in [-0.2, -0.15) is 0 Å². The van der Waals surface area contributed by atoms with Crippen molar-refractivity contribution in [1.29, 1.82) is 0 Å². The summed E-state index contributed by atoms with van der Waals surface area (Å²) in [6.45, 7) is 7.69. The van der Waals surface area contributed by atoms with Crippen molar-refractivity contribution in [2.45, 2.75) is 32.8 Å². The zero-order valence-electron chi connectivity index (χ0n) is 13.6. The van der Waals surface area contributed by atoms with Gasteiger partial charge in [0.05, 0.1) is 0 Å². The van der Waals surface area contributed by atoms with Crippen LogP contribution in [-0.4, -0.2) is 55.0 Å². The fraction of sp³-hybridized carbons (Fsp3) is 0.588. The molecule has 1 fully saturated rings. The van der Waals surface area contributed by atoms with Gasteiger partial charge in [-0.1, -0.05) is 11.6 Å². The molecule has 5 heteroatoms. The van der Waals surface area contributed by atoms with Gasteiger partial charge >= 0.3 is 0 Å². The molecule has 1 heterocycles. The highest BCUT2D eigenvalue weighted by molar-refractivity contribution is 6.31. The predicted molar refractivity (Wildman–Crippen MR) is 89.6 cm³/mol. The first-order valence-corrected chi connectivity index (χ1v) is 8.25. The van der Waals surface area contributed by atoms with E-state index in [-0.39, 0.29) is 5.91 Å². The van der Waals surface area contributed by atoms with Crippen molar-refractivity contribution >= 4 is 17.5 Å². The molecular weight excluding hydrogens is 300 g/mol. The number of carbonyl (C=O) groups is 1. The smallest absolute Gasteiger partial charge is 0.263 e. The number of carbonyl (C=O) groups excluding carboxylic acids is 1. The molecule has 1 saturated heterocycles. The van der Waals surface area contributed by atoms with E-state index in [0.29, 0.717) is 10.8 Å². The normalized spacial score (nSPS) is 16.5. The summed E-state index contributed by atoms with van der Waals surface area (Å²) < 4.78 is 5.74. The predicted octanol–water partition coefficient (Wildman–Crippen LogP) is 2.97. The summed E-state index contributed by atoms with van der Waals surface area (Å²) in [5.41, 5.74) is 0.946. The molecule has 2 rings (SSSR count). The minimum Gasteiger partial charge on any atom is -0.481 e. The molecule has 1 aromatic rings. The summed E-state index contributed by atoms with van der Waals surface area (Å²) in [5.74, 6) is 0.683. The van der Waals surface area contributed by atoms with Gasteiger partial charge in [-0.3, -0.25) is 4.79 Å². The Morgan fingerprint density at radius 1 is 1.41 bits per heavy atom. The zero-order chi connectivity index (χ0) is 16.1. The number of amides is 1. The second kappa shape index (κ2) is 7.84. The summed E-state index contributed by atoms with van der Waals surface area (Å²) >= 11 is 6.00. The van der Waals surface area contributed by atoms with Crippen molar-refractivity contribution < 1.29 is 9.53 Å². The van der Waals surface area contributed by atoms with Gasteiger partial charge in [0.25, 0.3) is 5.91 Å². The van der Waals surface area contributed by atoms with E-state index in [1.807, 2.05) is 20.0 Å². The molecule has 1 aliphatic rings. The molecular formula is C17H25ClN2O2. The Morgan fingerprint density at radius 3 is 2.73 bits per heavy atom. The highest BCUT2D eigenvalue weighted by atomic mass is 35.5. The van der Waals surface area contributed by atoms with E-state index >= 15 is 0 Å². The van der Waals surface area contributed by atoms with Crippen LogP contribution in [0.4, 0.5) is 0 Å². The molecule has 0 aromatic heterocycles. The number of nitrogens with zero attached hydrogens (tertiary/aromatic N) is 2. The van der Waals surface area contributed by atoms with E-state index < -0.39 is 6.10 Å². The van der Waals surface area contributed by atoms with Crippen molar-refractivity contribution in [2.24, 2.45) is 0 Å². The molecule has 122 valence electrons. The van der Waals surface area contributed by atoms with Crippen LogP contribution in [0.2, 0.25) is 5.02 Å². The third-order valence-electron chi connectivity index (χ3n) is 4.12. The molecule has 1 aliphatic heterocycles. The number of hydrogen-bond donors (Lipinski definition) is 0. The number of likely N-dealkylation sites (tertiary alicyclic amines) is 1. The van der Waals surface area contributed by atoms with Crippen molar-refractivity contribution in [2.75, 3.05) is 33.2 Å². The zero-order valence-corrected chi connectivity index (χ0v) is 14.4. The van der Waals surface area contributed by atoms with Crippen molar-refractivity contribution in [3.63, 3.8) is 0 Å². The van der Waals surface area contributed by atoms with E-state index in [9.17, 15) is 4.79 Å². The standard InChI is InChI=1S/C17H25ClN2O2/c1-13-12-15(6-7-16(13)18)22-14(2)17(21)19(3)10-11-20-8-4-5-9-20/h6-7,12,14H,4-5,8-11H2,1-3H3. The van der Waals surface area contributed by atoms with Crippen LogP contribution in [-0.2, 0) is 4.79 Å². The average molecular weight is 325 g/mol. The lowest BCUT2D eigenvalue weighted by Gasteiger charge is -2.24. The van der Waals surface area contributed by atoms with Crippen LogP contribution in [0, 0.1) is 6.92 Å². The summed E-state index contributed by atoms with van der Waals surface area (Å²) in [6.07, 6.45) is 2.05. The maximum absolute atomic E-state index is 12.4. The molecule has 1 aromatic carbocycles. The van der Waals surface area contributed by atoms with Crippen LogP contribution >= 0.6 is 11.6 Å². The fourth-order valence-electron chi connectivity index (χ4n) is 2.66. The lowest BCUT2D eigenvalue weighted by Crippen LogP contribution is -2.41. The summed E-state index contributed by atoms with van der Waals surface area (Å²) in [7, 11) is 1.84. The Bertz CT molecular complexity index is 515. The molecule has 1 unspecified atom stereocenters. The molecule has 0 N–H and O–H groups in total. The first kappa shape index (κ1) is 17.1. The number of halogens is 1. The Hall–Kier alpha value is -1.26. The Morgan fingerprint density at radius 2 is 2.09 bits per heavy atom. The highest BCUT2D eigenvalue weighted by Crippen LogP contribution is 2.22. The highest BCUT2D eigenvalue weighted by Gasteiger charge is 2.20. The number of ether oxygens (including phenoxy) is 1. The molecule has 4 nitrogen and oxygen atoms in total. The fourth-order valence-corrected chi connectivity index (χ4v) is 2.78. The van der Waals surface area contributed by atoms with Crippen molar-refractivity contribution in [3.8, 4) is 5.75 Å². The van der Waals surface area contributed by atoms with Gasteiger partial charge in [-0.15, -0.1) is 0 Å². The number of aryl methyl sites for hydroxylation is 1. The van der Waals surface area contributed by atoms with E-state index in [1.54, 1.807) is 24.0 Å². The lowest BCUT2D eigenvalue weighted by atomic mass is 10.2. The minimum absolute atomic E-state index is 0.00630. The topological polar surface area (TPSA) is 32.8 Å².